The van der Waals surface area contributed by atoms with Gasteiger partial charge in [-0.3, -0.25) is 29.0 Å². The molecule has 0 aliphatic carbocycles. The van der Waals surface area contributed by atoms with Crippen molar-refractivity contribution in [3.05, 3.63) is 59.2 Å². The van der Waals surface area contributed by atoms with E-state index in [0.29, 0.717) is 67.2 Å². The third kappa shape index (κ3) is 4.90. The molecule has 3 aliphatic heterocycles. The van der Waals surface area contributed by atoms with E-state index in [2.05, 4.69) is 10.2 Å². The second kappa shape index (κ2) is 10.4. The molecular weight excluding hydrogens is 464 g/mol. The molecule has 3 heterocycles. The summed E-state index contributed by atoms with van der Waals surface area (Å²) < 4.78 is 10.6. The van der Waals surface area contributed by atoms with Crippen molar-refractivity contribution in [3.8, 4) is 11.5 Å². The molecule has 10 heteroatoms. The molecule has 1 fully saturated rings. The number of carbonyl (C=O) groups is 4. The lowest BCUT2D eigenvalue weighted by Crippen LogP contribution is -2.50. The van der Waals surface area contributed by atoms with Crippen LogP contribution < -0.4 is 14.8 Å². The Morgan fingerprint density at radius 1 is 0.861 bits per heavy atom. The van der Waals surface area contributed by atoms with Gasteiger partial charge in [-0.1, -0.05) is 12.1 Å². The third-order valence-corrected chi connectivity index (χ3v) is 6.72. The maximum absolute atomic E-state index is 12.6. The number of nitrogens with zero attached hydrogens (tertiary/aromatic N) is 3. The zero-order valence-electron chi connectivity index (χ0n) is 19.9. The Morgan fingerprint density at radius 3 is 2.28 bits per heavy atom. The van der Waals surface area contributed by atoms with Crippen LogP contribution in [0.1, 0.15) is 43.9 Å². The van der Waals surface area contributed by atoms with Crippen molar-refractivity contribution in [1.82, 2.24) is 20.0 Å². The van der Waals surface area contributed by atoms with E-state index in [0.717, 1.165) is 13.1 Å². The lowest BCUT2D eigenvalue weighted by molar-refractivity contribution is -0.133. The summed E-state index contributed by atoms with van der Waals surface area (Å²) in [6.45, 7) is 4.28. The minimum Gasteiger partial charge on any atom is -0.454 e. The number of ether oxygens (including phenoxy) is 2. The molecule has 2 aromatic rings. The molecule has 4 amide bonds. The Hall–Kier alpha value is -3.92. The van der Waals surface area contributed by atoms with Crippen LogP contribution in [0.3, 0.4) is 0 Å². The van der Waals surface area contributed by atoms with Crippen molar-refractivity contribution in [1.29, 1.82) is 0 Å². The zero-order valence-corrected chi connectivity index (χ0v) is 19.9. The fourth-order valence-electron chi connectivity index (χ4n) is 4.68. The highest BCUT2D eigenvalue weighted by atomic mass is 16.7. The Kier molecular flexibility index (Phi) is 6.86. The number of fused-ring (bicyclic) bond motifs is 2. The highest BCUT2D eigenvalue weighted by molar-refractivity contribution is 6.21. The first-order valence-corrected chi connectivity index (χ1v) is 12.1. The molecule has 0 unspecified atom stereocenters. The van der Waals surface area contributed by atoms with E-state index in [9.17, 15) is 19.2 Å². The van der Waals surface area contributed by atoms with Gasteiger partial charge >= 0.3 is 0 Å². The minimum absolute atomic E-state index is 0.0300. The fourth-order valence-corrected chi connectivity index (χ4v) is 4.68. The van der Waals surface area contributed by atoms with Gasteiger partial charge in [0.2, 0.25) is 12.7 Å². The summed E-state index contributed by atoms with van der Waals surface area (Å²) in [6, 6.07) is 11.9. The largest absolute Gasteiger partial charge is 0.454 e. The van der Waals surface area contributed by atoms with E-state index in [-0.39, 0.29) is 37.0 Å². The van der Waals surface area contributed by atoms with E-state index < -0.39 is 0 Å². The van der Waals surface area contributed by atoms with E-state index in [1.807, 2.05) is 4.90 Å². The molecule has 0 atom stereocenters. The summed E-state index contributed by atoms with van der Waals surface area (Å²) in [5.41, 5.74) is 1.38. The van der Waals surface area contributed by atoms with Crippen molar-refractivity contribution in [3.63, 3.8) is 0 Å². The monoisotopic (exact) mass is 492 g/mol. The van der Waals surface area contributed by atoms with Crippen LogP contribution in [-0.4, -0.2) is 90.9 Å². The van der Waals surface area contributed by atoms with Crippen LogP contribution >= 0.6 is 0 Å². The molecule has 5 rings (SSSR count). The number of nitrogens with one attached hydrogen (secondary N) is 1. The van der Waals surface area contributed by atoms with Crippen LogP contribution in [-0.2, 0) is 4.79 Å². The van der Waals surface area contributed by atoms with Gasteiger partial charge in [0.25, 0.3) is 17.7 Å². The molecule has 0 bridgehead atoms. The first-order chi connectivity index (χ1) is 17.5. The quantitative estimate of drug-likeness (QED) is 0.555. The Labute approximate surface area is 208 Å². The van der Waals surface area contributed by atoms with Crippen molar-refractivity contribution in [2.45, 2.75) is 12.8 Å². The van der Waals surface area contributed by atoms with E-state index in [4.69, 9.17) is 9.47 Å². The SMILES string of the molecule is O=C(NCCN1CCN(C(=O)CCCN2C(=O)c3ccccc3C2=O)CC1)c1ccc2c(c1)OCO2. The van der Waals surface area contributed by atoms with Gasteiger partial charge in [0.1, 0.15) is 0 Å². The van der Waals surface area contributed by atoms with Gasteiger partial charge in [0.05, 0.1) is 11.1 Å². The third-order valence-electron chi connectivity index (χ3n) is 6.72. The Bertz CT molecular complexity index is 1160. The average Bonchev–Trinajstić information content (AvgIpc) is 3.47. The molecule has 1 saturated heterocycles. The number of carbonyl (C=O) groups excluding carboxylic acids is 4. The second-order valence-electron chi connectivity index (χ2n) is 8.96. The molecular formula is C26H28N4O6. The van der Waals surface area contributed by atoms with Crippen molar-refractivity contribution in [2.24, 2.45) is 0 Å². The fraction of sp³-hybridized carbons (Fsp3) is 0.385. The molecule has 10 nitrogen and oxygen atoms in total. The van der Waals surface area contributed by atoms with Gasteiger partial charge in [0, 0.05) is 57.8 Å². The van der Waals surface area contributed by atoms with Gasteiger partial charge < -0.3 is 19.7 Å². The Morgan fingerprint density at radius 2 is 1.56 bits per heavy atom. The average molecular weight is 493 g/mol. The van der Waals surface area contributed by atoms with Crippen molar-refractivity contribution in [2.75, 3.05) is 52.6 Å². The topological polar surface area (TPSA) is 108 Å². The molecule has 0 spiro atoms. The Balaban J connectivity index is 0.992. The summed E-state index contributed by atoms with van der Waals surface area (Å²) in [4.78, 5) is 55.2. The summed E-state index contributed by atoms with van der Waals surface area (Å²) >= 11 is 0. The highest BCUT2D eigenvalue weighted by Crippen LogP contribution is 2.32. The van der Waals surface area contributed by atoms with Crippen LogP contribution in [0.15, 0.2) is 42.5 Å². The maximum atomic E-state index is 12.6. The number of piperazine rings is 1. The number of rotatable bonds is 8. The molecule has 0 aromatic heterocycles. The molecule has 36 heavy (non-hydrogen) atoms. The standard InChI is InChI=1S/C26H28N4O6/c31-23(6-3-10-30-25(33)19-4-1-2-5-20(19)26(30)34)29-14-12-28(13-15-29)11-9-27-24(32)18-7-8-21-22(16-18)36-17-35-21/h1-2,4-5,7-8,16H,3,6,9-15,17H2,(H,27,32). The lowest BCUT2D eigenvalue weighted by Gasteiger charge is -2.34. The van der Waals surface area contributed by atoms with Gasteiger partial charge in [-0.25, -0.2) is 0 Å². The summed E-state index contributed by atoms with van der Waals surface area (Å²) in [7, 11) is 0. The molecule has 0 radical (unpaired) electrons. The van der Waals surface area contributed by atoms with Gasteiger partial charge in [-0.15, -0.1) is 0 Å². The summed E-state index contributed by atoms with van der Waals surface area (Å²) in [6.07, 6.45) is 0.732. The first-order valence-electron chi connectivity index (χ1n) is 12.1. The zero-order chi connectivity index (χ0) is 25.1. The maximum Gasteiger partial charge on any atom is 0.261 e. The minimum atomic E-state index is -0.290. The predicted molar refractivity (Wildman–Crippen MR) is 129 cm³/mol. The number of hydrogen-bond donors (Lipinski definition) is 1. The number of imide groups is 1. The van der Waals surface area contributed by atoms with Crippen LogP contribution in [0.2, 0.25) is 0 Å². The van der Waals surface area contributed by atoms with Gasteiger partial charge in [0.15, 0.2) is 11.5 Å². The van der Waals surface area contributed by atoms with Crippen molar-refractivity contribution < 1.29 is 28.7 Å². The molecule has 3 aliphatic rings. The highest BCUT2D eigenvalue weighted by Gasteiger charge is 2.34. The van der Waals surface area contributed by atoms with Crippen molar-refractivity contribution >= 4 is 23.6 Å². The summed E-state index contributed by atoms with van der Waals surface area (Å²) in [5.74, 6) is 0.502. The number of benzene rings is 2. The number of hydrogen-bond acceptors (Lipinski definition) is 7. The van der Waals surface area contributed by atoms with Gasteiger partial charge in [-0.2, -0.15) is 0 Å². The smallest absolute Gasteiger partial charge is 0.261 e. The van der Waals surface area contributed by atoms with Gasteiger partial charge in [-0.05, 0) is 36.8 Å². The van der Waals surface area contributed by atoms with Crippen LogP contribution in [0, 0.1) is 0 Å². The van der Waals surface area contributed by atoms with Crippen LogP contribution in [0.4, 0.5) is 0 Å². The normalized spacial score (nSPS) is 16.9. The van der Waals surface area contributed by atoms with E-state index >= 15 is 0 Å². The second-order valence-corrected chi connectivity index (χ2v) is 8.96. The summed E-state index contributed by atoms with van der Waals surface area (Å²) in [5, 5.41) is 2.92. The number of amides is 4. The predicted octanol–water partition coefficient (Wildman–Crippen LogP) is 1.37. The molecule has 1 N–H and O–H groups in total. The molecule has 188 valence electrons. The van der Waals surface area contributed by atoms with E-state index in [1.165, 1.54) is 4.90 Å². The molecule has 2 aromatic carbocycles. The lowest BCUT2D eigenvalue weighted by atomic mass is 10.1. The van der Waals surface area contributed by atoms with E-state index in [1.54, 1.807) is 42.5 Å². The van der Waals surface area contributed by atoms with Crippen LogP contribution in [0.25, 0.3) is 0 Å². The van der Waals surface area contributed by atoms with Crippen LogP contribution in [0.5, 0.6) is 11.5 Å². The molecule has 0 saturated carbocycles. The first kappa shape index (κ1) is 23.8.